The molecule has 0 amide bonds. The van der Waals surface area contributed by atoms with Gasteiger partial charge in [0.2, 0.25) is 0 Å². The van der Waals surface area contributed by atoms with Gasteiger partial charge in [0.25, 0.3) is 0 Å². The van der Waals surface area contributed by atoms with Gasteiger partial charge in [0.1, 0.15) is 16.9 Å². The third kappa shape index (κ3) is 4.60. The number of aryl methyl sites for hydroxylation is 2. The molecular formula is C21H26N8. The Morgan fingerprint density at radius 3 is 1.90 bits per heavy atom. The molecule has 0 aliphatic heterocycles. The molecule has 1 aliphatic rings. The molecular weight excluding hydrogens is 364 g/mol. The van der Waals surface area contributed by atoms with Gasteiger partial charge in [0, 0.05) is 17.8 Å². The Labute approximate surface area is 170 Å². The number of hydrogen-bond donors (Lipinski definition) is 4. The molecule has 2 aromatic carbocycles. The average molecular weight is 390 g/mol. The van der Waals surface area contributed by atoms with E-state index in [1.807, 2.05) is 51.1 Å². The van der Waals surface area contributed by atoms with Crippen LogP contribution in [0.4, 0.5) is 34.1 Å². The van der Waals surface area contributed by atoms with Gasteiger partial charge in [-0.1, -0.05) is 12.2 Å². The Morgan fingerprint density at radius 1 is 0.759 bits per heavy atom. The predicted molar refractivity (Wildman–Crippen MR) is 119 cm³/mol. The van der Waals surface area contributed by atoms with Crippen molar-refractivity contribution >= 4 is 34.1 Å². The van der Waals surface area contributed by atoms with E-state index in [0.717, 1.165) is 16.8 Å². The van der Waals surface area contributed by atoms with Gasteiger partial charge in [-0.05, 0) is 62.2 Å². The van der Waals surface area contributed by atoms with E-state index in [-0.39, 0.29) is 0 Å². The Balaban J connectivity index is 1.78. The molecule has 1 atom stereocenters. The number of nitrogens with two attached hydrogens (primary N) is 4. The van der Waals surface area contributed by atoms with Crippen molar-refractivity contribution in [2.45, 2.75) is 32.7 Å². The van der Waals surface area contributed by atoms with Crippen molar-refractivity contribution in [2.24, 2.45) is 20.5 Å². The summed E-state index contributed by atoms with van der Waals surface area (Å²) >= 11 is 0. The van der Waals surface area contributed by atoms with E-state index in [1.54, 1.807) is 12.1 Å². The van der Waals surface area contributed by atoms with Crippen LogP contribution in [0.2, 0.25) is 0 Å². The van der Waals surface area contributed by atoms with Crippen LogP contribution in [0.5, 0.6) is 0 Å². The Bertz CT molecular complexity index is 1060. The highest BCUT2D eigenvalue weighted by molar-refractivity contribution is 5.71. The largest absolute Gasteiger partial charge is 0.398 e. The lowest BCUT2D eigenvalue weighted by molar-refractivity contribution is 0.542. The summed E-state index contributed by atoms with van der Waals surface area (Å²) in [5.74, 6) is 0. The molecule has 8 heteroatoms. The van der Waals surface area contributed by atoms with Gasteiger partial charge in [0.15, 0.2) is 0 Å². The summed E-state index contributed by atoms with van der Waals surface area (Å²) in [4.78, 5) is 0. The van der Waals surface area contributed by atoms with Crippen LogP contribution in [0.15, 0.2) is 68.6 Å². The zero-order valence-corrected chi connectivity index (χ0v) is 16.8. The molecule has 0 heterocycles. The van der Waals surface area contributed by atoms with E-state index in [1.165, 1.54) is 0 Å². The van der Waals surface area contributed by atoms with Crippen molar-refractivity contribution in [1.29, 1.82) is 0 Å². The smallest absolute Gasteiger partial charge is 0.109 e. The van der Waals surface area contributed by atoms with Gasteiger partial charge in [-0.2, -0.15) is 15.3 Å². The van der Waals surface area contributed by atoms with Crippen LogP contribution in [0, 0.1) is 13.8 Å². The number of nitrogens with zero attached hydrogens (tertiary/aromatic N) is 4. The third-order valence-corrected chi connectivity index (χ3v) is 4.79. The Hall–Kier alpha value is -3.68. The van der Waals surface area contributed by atoms with Crippen LogP contribution in [-0.4, -0.2) is 5.54 Å². The number of benzene rings is 2. The highest BCUT2D eigenvalue weighted by Crippen LogP contribution is 2.34. The molecule has 1 aliphatic carbocycles. The minimum atomic E-state index is -0.562. The Kier molecular flexibility index (Phi) is 5.36. The highest BCUT2D eigenvalue weighted by atomic mass is 15.2. The standard InChI is InChI=1S/C21H26N8/c1-12-7-19(17(24)9-15(12)22)27-26-14-5-4-6-21(3,11-14)29-28-20-8-13(2)16(23)10-18(20)25/h4-10H,11,22-25H2,1-3H3/b27-26+,29-28+. The van der Waals surface area contributed by atoms with Crippen molar-refractivity contribution in [3.05, 3.63) is 59.3 Å². The summed E-state index contributed by atoms with van der Waals surface area (Å²) in [7, 11) is 0. The molecule has 0 bridgehead atoms. The quantitative estimate of drug-likeness (QED) is 0.423. The van der Waals surface area contributed by atoms with E-state index in [2.05, 4.69) is 20.5 Å². The SMILES string of the molecule is Cc1cc(/N=N/C2=CC=CC(C)(/N=N/c3cc(C)c(N)cc3N)C2)c(N)cc1N. The van der Waals surface area contributed by atoms with Crippen molar-refractivity contribution in [3.63, 3.8) is 0 Å². The normalized spacial score (nSPS) is 19.2. The molecule has 0 saturated heterocycles. The zero-order chi connectivity index (χ0) is 21.2. The van der Waals surface area contributed by atoms with Gasteiger partial charge in [-0.25, -0.2) is 0 Å². The van der Waals surface area contributed by atoms with Gasteiger partial charge in [-0.3, -0.25) is 0 Å². The molecule has 0 fully saturated rings. The van der Waals surface area contributed by atoms with Crippen molar-refractivity contribution in [2.75, 3.05) is 22.9 Å². The Morgan fingerprint density at radius 2 is 1.31 bits per heavy atom. The number of anilines is 4. The van der Waals surface area contributed by atoms with E-state index >= 15 is 0 Å². The number of nitrogen functional groups attached to an aromatic ring is 4. The molecule has 29 heavy (non-hydrogen) atoms. The van der Waals surface area contributed by atoms with Crippen LogP contribution < -0.4 is 22.9 Å². The van der Waals surface area contributed by atoms with Crippen LogP contribution in [-0.2, 0) is 0 Å². The first-order valence-electron chi connectivity index (χ1n) is 9.21. The second-order valence-electron chi connectivity index (χ2n) is 7.49. The molecule has 8 nitrogen and oxygen atoms in total. The fraction of sp³-hybridized carbons (Fsp3) is 0.238. The summed E-state index contributed by atoms with van der Waals surface area (Å²) in [6.45, 7) is 5.78. The van der Waals surface area contributed by atoms with Gasteiger partial charge in [-0.15, -0.1) is 5.11 Å². The monoisotopic (exact) mass is 390 g/mol. The van der Waals surface area contributed by atoms with Gasteiger partial charge >= 0.3 is 0 Å². The van der Waals surface area contributed by atoms with E-state index < -0.39 is 5.54 Å². The first-order chi connectivity index (χ1) is 13.7. The van der Waals surface area contributed by atoms with E-state index in [4.69, 9.17) is 22.9 Å². The number of allylic oxidation sites excluding steroid dienone is 2. The number of rotatable bonds is 4. The second-order valence-corrected chi connectivity index (χ2v) is 7.49. The summed E-state index contributed by atoms with van der Waals surface area (Å²) in [6.07, 6.45) is 6.30. The van der Waals surface area contributed by atoms with Crippen molar-refractivity contribution < 1.29 is 0 Å². The van der Waals surface area contributed by atoms with Crippen LogP contribution in [0.3, 0.4) is 0 Å². The second kappa shape index (κ2) is 7.75. The van der Waals surface area contributed by atoms with Crippen LogP contribution in [0.25, 0.3) is 0 Å². The highest BCUT2D eigenvalue weighted by Gasteiger charge is 2.25. The van der Waals surface area contributed by atoms with E-state index in [0.29, 0.717) is 40.5 Å². The first kappa shape index (κ1) is 20.1. The van der Waals surface area contributed by atoms with Gasteiger partial charge in [0.05, 0.1) is 17.1 Å². The van der Waals surface area contributed by atoms with Crippen molar-refractivity contribution in [3.8, 4) is 0 Å². The lowest BCUT2D eigenvalue weighted by Crippen LogP contribution is -2.20. The molecule has 8 N–H and O–H groups in total. The lowest BCUT2D eigenvalue weighted by Gasteiger charge is -2.22. The third-order valence-electron chi connectivity index (χ3n) is 4.79. The molecule has 150 valence electrons. The maximum Gasteiger partial charge on any atom is 0.109 e. The first-order valence-corrected chi connectivity index (χ1v) is 9.21. The molecule has 0 aromatic heterocycles. The van der Waals surface area contributed by atoms with Gasteiger partial charge < -0.3 is 22.9 Å². The molecule has 1 unspecified atom stereocenters. The lowest BCUT2D eigenvalue weighted by atomic mass is 9.93. The molecule has 3 rings (SSSR count). The summed E-state index contributed by atoms with van der Waals surface area (Å²) in [6, 6.07) is 7.03. The fourth-order valence-electron chi connectivity index (χ4n) is 2.90. The van der Waals surface area contributed by atoms with Crippen LogP contribution in [0.1, 0.15) is 24.5 Å². The summed E-state index contributed by atoms with van der Waals surface area (Å²) in [5, 5.41) is 17.5. The zero-order valence-electron chi connectivity index (χ0n) is 16.8. The molecule has 0 radical (unpaired) electrons. The molecule has 0 spiro atoms. The number of azo groups is 2. The van der Waals surface area contributed by atoms with Crippen LogP contribution >= 0.6 is 0 Å². The summed E-state index contributed by atoms with van der Waals surface area (Å²) < 4.78 is 0. The topological polar surface area (TPSA) is 154 Å². The van der Waals surface area contributed by atoms with Crippen molar-refractivity contribution in [1.82, 2.24) is 0 Å². The average Bonchev–Trinajstić information content (AvgIpc) is 2.65. The molecule has 2 aromatic rings. The predicted octanol–water partition coefficient (Wildman–Crippen LogP) is 5.10. The maximum atomic E-state index is 6.01. The minimum absolute atomic E-state index is 0.487. The fourth-order valence-corrected chi connectivity index (χ4v) is 2.90. The van der Waals surface area contributed by atoms with E-state index in [9.17, 15) is 0 Å². The number of hydrogen-bond acceptors (Lipinski definition) is 8. The molecule has 0 saturated carbocycles. The maximum absolute atomic E-state index is 6.01. The minimum Gasteiger partial charge on any atom is -0.398 e. The summed E-state index contributed by atoms with van der Waals surface area (Å²) in [5.41, 5.74) is 29.2.